The van der Waals surface area contributed by atoms with Crippen molar-refractivity contribution in [1.82, 2.24) is 0 Å². The smallest absolute Gasteiger partial charge is 0.341 e. The number of rotatable bonds is 5. The first-order chi connectivity index (χ1) is 8.36. The minimum Gasteiger partial charge on any atom is -0.342 e. The highest BCUT2D eigenvalue weighted by molar-refractivity contribution is 7.87. The lowest BCUT2D eigenvalue weighted by Gasteiger charge is -2.10. The molecule has 0 bridgehead atoms. The minimum atomic E-state index is -4.03. The van der Waals surface area contributed by atoms with Gasteiger partial charge in [-0.3, -0.25) is 4.79 Å². The Kier molecular flexibility index (Phi) is 4.86. The fourth-order valence-corrected chi connectivity index (χ4v) is 2.52. The lowest BCUT2D eigenvalue weighted by atomic mass is 10.1. The number of aryl methyl sites for hydroxylation is 1. The maximum Gasteiger partial charge on any atom is 0.341 e. The highest BCUT2D eigenvalue weighted by Gasteiger charge is 2.22. The van der Waals surface area contributed by atoms with Crippen LogP contribution < -0.4 is 5.73 Å². The molecular formula is C12H17NO4S. The van der Waals surface area contributed by atoms with Gasteiger partial charge in [0.15, 0.2) is 0 Å². The fraction of sp³-hybridized carbons (Fsp3) is 0.417. The van der Waals surface area contributed by atoms with E-state index in [9.17, 15) is 13.2 Å². The number of benzene rings is 1. The standard InChI is InChI=1S/C12H17NO4S/c1-9(8-13)7-12(14)17-18(15,16)11-6-4-3-5-10(11)2/h3-6,9H,7-8,13H2,1-2H3/t9-/m0/s1. The molecule has 1 aromatic carbocycles. The summed E-state index contributed by atoms with van der Waals surface area (Å²) in [6.07, 6.45) is -0.0123. The largest absolute Gasteiger partial charge is 0.342 e. The van der Waals surface area contributed by atoms with E-state index in [0.717, 1.165) is 0 Å². The molecule has 0 saturated heterocycles. The van der Waals surface area contributed by atoms with Gasteiger partial charge in [-0.05, 0) is 31.0 Å². The van der Waals surface area contributed by atoms with Crippen molar-refractivity contribution in [2.45, 2.75) is 25.2 Å². The van der Waals surface area contributed by atoms with Gasteiger partial charge in [0.1, 0.15) is 4.90 Å². The number of nitrogens with two attached hydrogens (primary N) is 1. The van der Waals surface area contributed by atoms with Crippen LogP contribution in [0.5, 0.6) is 0 Å². The average Bonchev–Trinajstić information content (AvgIpc) is 2.28. The molecule has 0 radical (unpaired) electrons. The van der Waals surface area contributed by atoms with Gasteiger partial charge in [0, 0.05) is 0 Å². The van der Waals surface area contributed by atoms with Crippen molar-refractivity contribution in [3.8, 4) is 0 Å². The molecule has 18 heavy (non-hydrogen) atoms. The zero-order valence-corrected chi connectivity index (χ0v) is 11.2. The van der Waals surface area contributed by atoms with Crippen LogP contribution in [0.2, 0.25) is 0 Å². The quantitative estimate of drug-likeness (QED) is 0.813. The van der Waals surface area contributed by atoms with Crippen LogP contribution in [0, 0.1) is 12.8 Å². The molecule has 1 aromatic rings. The van der Waals surface area contributed by atoms with E-state index in [-0.39, 0.29) is 17.2 Å². The summed E-state index contributed by atoms with van der Waals surface area (Å²) in [5, 5.41) is 0. The summed E-state index contributed by atoms with van der Waals surface area (Å²) in [5.74, 6) is -0.888. The summed E-state index contributed by atoms with van der Waals surface area (Å²) in [5.41, 5.74) is 5.90. The Hall–Kier alpha value is -1.40. The molecule has 0 saturated carbocycles. The van der Waals surface area contributed by atoms with Crippen LogP contribution in [-0.2, 0) is 19.1 Å². The van der Waals surface area contributed by atoms with Crippen LogP contribution in [0.4, 0.5) is 0 Å². The number of carbonyl (C=O) groups is 1. The summed E-state index contributed by atoms with van der Waals surface area (Å²) in [6.45, 7) is 3.70. The zero-order valence-electron chi connectivity index (χ0n) is 10.4. The molecule has 0 spiro atoms. The summed E-state index contributed by atoms with van der Waals surface area (Å²) in [4.78, 5) is 11.5. The highest BCUT2D eigenvalue weighted by Crippen LogP contribution is 2.18. The number of hydrogen-bond acceptors (Lipinski definition) is 5. The first-order valence-electron chi connectivity index (χ1n) is 5.60. The van der Waals surface area contributed by atoms with Crippen LogP contribution in [0.1, 0.15) is 18.9 Å². The van der Waals surface area contributed by atoms with E-state index in [1.807, 2.05) is 0 Å². The molecule has 100 valence electrons. The Bertz CT molecular complexity index is 525. The SMILES string of the molecule is Cc1ccccc1S(=O)(=O)OC(=O)C[C@H](C)CN. The van der Waals surface area contributed by atoms with Crippen LogP contribution in [0.25, 0.3) is 0 Å². The molecule has 0 unspecified atom stereocenters. The van der Waals surface area contributed by atoms with E-state index in [2.05, 4.69) is 4.18 Å². The van der Waals surface area contributed by atoms with Gasteiger partial charge in [0.2, 0.25) is 0 Å². The van der Waals surface area contributed by atoms with Gasteiger partial charge in [-0.1, -0.05) is 25.1 Å². The third-order valence-electron chi connectivity index (χ3n) is 2.48. The third-order valence-corrected chi connectivity index (χ3v) is 3.89. The molecule has 0 heterocycles. The third kappa shape index (κ3) is 3.82. The molecule has 6 heteroatoms. The second-order valence-electron chi connectivity index (χ2n) is 4.22. The topological polar surface area (TPSA) is 86.5 Å². The van der Waals surface area contributed by atoms with Gasteiger partial charge in [0.05, 0.1) is 6.42 Å². The highest BCUT2D eigenvalue weighted by atomic mass is 32.2. The molecule has 0 aliphatic heterocycles. The average molecular weight is 271 g/mol. The van der Waals surface area contributed by atoms with Gasteiger partial charge in [-0.2, -0.15) is 8.42 Å². The van der Waals surface area contributed by atoms with E-state index < -0.39 is 16.1 Å². The Labute approximate surface area is 107 Å². The zero-order chi connectivity index (χ0) is 13.8. The number of hydrogen-bond donors (Lipinski definition) is 1. The molecule has 0 fully saturated rings. The van der Waals surface area contributed by atoms with Crippen molar-refractivity contribution in [2.24, 2.45) is 11.7 Å². The van der Waals surface area contributed by atoms with E-state index in [1.54, 1.807) is 32.0 Å². The van der Waals surface area contributed by atoms with Gasteiger partial charge < -0.3 is 9.92 Å². The molecular weight excluding hydrogens is 254 g/mol. The molecule has 0 amide bonds. The summed E-state index contributed by atoms with van der Waals surface area (Å²) in [6, 6.07) is 6.34. The second kappa shape index (κ2) is 5.97. The van der Waals surface area contributed by atoms with Crippen molar-refractivity contribution < 1.29 is 17.4 Å². The van der Waals surface area contributed by atoms with Gasteiger partial charge in [0.25, 0.3) is 0 Å². The molecule has 1 rings (SSSR count). The van der Waals surface area contributed by atoms with Crippen LogP contribution >= 0.6 is 0 Å². The summed E-state index contributed by atoms with van der Waals surface area (Å²) < 4.78 is 28.3. The predicted octanol–water partition coefficient (Wildman–Crippen LogP) is 1.21. The monoisotopic (exact) mass is 271 g/mol. The maximum atomic E-state index is 11.9. The van der Waals surface area contributed by atoms with Gasteiger partial charge >= 0.3 is 16.1 Å². The van der Waals surface area contributed by atoms with Gasteiger partial charge in [-0.25, -0.2) is 0 Å². The molecule has 0 aromatic heterocycles. The Morgan fingerprint density at radius 2 is 2.00 bits per heavy atom. The molecule has 0 aliphatic rings. The normalized spacial score (nSPS) is 13.1. The molecule has 0 aliphatic carbocycles. The van der Waals surface area contributed by atoms with Crippen LogP contribution in [-0.4, -0.2) is 20.9 Å². The summed E-state index contributed by atoms with van der Waals surface area (Å²) >= 11 is 0. The predicted molar refractivity (Wildman–Crippen MR) is 67.3 cm³/mol. The first-order valence-corrected chi connectivity index (χ1v) is 7.00. The lowest BCUT2D eigenvalue weighted by Crippen LogP contribution is -2.20. The Morgan fingerprint density at radius 1 is 1.39 bits per heavy atom. The summed E-state index contributed by atoms with van der Waals surface area (Å²) in [7, 11) is -4.03. The van der Waals surface area contributed by atoms with E-state index in [1.165, 1.54) is 6.07 Å². The van der Waals surface area contributed by atoms with E-state index in [0.29, 0.717) is 12.1 Å². The molecule has 5 nitrogen and oxygen atoms in total. The van der Waals surface area contributed by atoms with Gasteiger partial charge in [-0.15, -0.1) is 0 Å². The maximum absolute atomic E-state index is 11.9. The lowest BCUT2D eigenvalue weighted by molar-refractivity contribution is -0.134. The van der Waals surface area contributed by atoms with Crippen molar-refractivity contribution in [1.29, 1.82) is 0 Å². The van der Waals surface area contributed by atoms with Crippen molar-refractivity contribution >= 4 is 16.1 Å². The van der Waals surface area contributed by atoms with Crippen molar-refractivity contribution in [3.63, 3.8) is 0 Å². The first kappa shape index (κ1) is 14.7. The van der Waals surface area contributed by atoms with E-state index in [4.69, 9.17) is 5.73 Å². The molecule has 2 N–H and O–H groups in total. The van der Waals surface area contributed by atoms with Crippen molar-refractivity contribution in [2.75, 3.05) is 6.54 Å². The van der Waals surface area contributed by atoms with Crippen molar-refractivity contribution in [3.05, 3.63) is 29.8 Å². The second-order valence-corrected chi connectivity index (χ2v) is 5.73. The Morgan fingerprint density at radius 3 is 2.56 bits per heavy atom. The molecule has 1 atom stereocenters. The Balaban J connectivity index is 2.84. The van der Waals surface area contributed by atoms with E-state index >= 15 is 0 Å². The fourth-order valence-electron chi connectivity index (χ4n) is 1.41. The number of carbonyl (C=O) groups excluding carboxylic acids is 1. The minimum absolute atomic E-state index is 0.0123. The van der Waals surface area contributed by atoms with Crippen LogP contribution in [0.3, 0.4) is 0 Å². The van der Waals surface area contributed by atoms with Crippen LogP contribution in [0.15, 0.2) is 29.2 Å².